The minimum atomic E-state index is -1.10. The number of fused-ring (bicyclic) bond motifs is 1. The van der Waals surface area contributed by atoms with Crippen LogP contribution in [-0.4, -0.2) is 19.1 Å². The van der Waals surface area contributed by atoms with Crippen LogP contribution in [0.1, 0.15) is 16.8 Å². The molecule has 5 rings (SSSR count). The minimum absolute atomic E-state index is 0.163. The molecule has 0 spiro atoms. The minimum Gasteiger partial charge on any atom is -0.336 e. The third-order valence-corrected chi connectivity index (χ3v) is 7.14. The van der Waals surface area contributed by atoms with Crippen molar-refractivity contribution < 1.29 is 0 Å². The lowest BCUT2D eigenvalue weighted by Gasteiger charge is -2.29. The van der Waals surface area contributed by atoms with Gasteiger partial charge < -0.3 is 4.57 Å². The first-order chi connectivity index (χ1) is 16.3. The van der Waals surface area contributed by atoms with E-state index in [9.17, 15) is 4.79 Å². The van der Waals surface area contributed by atoms with Gasteiger partial charge in [-0.25, -0.2) is 9.97 Å². The first kappa shape index (κ1) is 22.7. The Hall–Kier alpha value is -3.12. The Morgan fingerprint density at radius 2 is 1.65 bits per heavy atom. The van der Waals surface area contributed by atoms with Gasteiger partial charge in [0.1, 0.15) is 10.5 Å². The lowest BCUT2D eigenvalue weighted by molar-refractivity contribution is 0.743. The summed E-state index contributed by atoms with van der Waals surface area (Å²) in [5.74, 6) is 0. The molecule has 1 unspecified atom stereocenters. The summed E-state index contributed by atoms with van der Waals surface area (Å²) in [6.07, 6.45) is 5.15. The van der Waals surface area contributed by atoms with Gasteiger partial charge in [-0.05, 0) is 47.0 Å². The molecular weight excluding hydrogens is 491 g/mol. The summed E-state index contributed by atoms with van der Waals surface area (Å²) in [7, 11) is 3.60. The molecule has 2 aromatic carbocycles. The summed E-state index contributed by atoms with van der Waals surface area (Å²) in [6, 6.07) is 18.4. The predicted octanol–water partition coefficient (Wildman–Crippen LogP) is 6.17. The van der Waals surface area contributed by atoms with Gasteiger partial charge >= 0.3 is 0 Å². The molecule has 5 nitrogen and oxygen atoms in total. The highest BCUT2D eigenvalue weighted by molar-refractivity contribution is 6.31. The first-order valence-corrected chi connectivity index (χ1v) is 11.6. The SMILES string of the molecule is Cn1cncc1C(Cl)(c1ccc(Cl)cc1)c1cnc2c(c1)c(-c1cccc(Cl)c1)cc(=O)n2C. The zero-order valence-electron chi connectivity index (χ0n) is 18.3. The topological polar surface area (TPSA) is 52.7 Å². The molecule has 0 bridgehead atoms. The number of hydrogen-bond donors (Lipinski definition) is 0. The second kappa shape index (κ2) is 8.58. The van der Waals surface area contributed by atoms with Crippen LogP contribution >= 0.6 is 34.8 Å². The molecule has 0 N–H and O–H groups in total. The largest absolute Gasteiger partial charge is 0.336 e. The van der Waals surface area contributed by atoms with E-state index < -0.39 is 4.87 Å². The van der Waals surface area contributed by atoms with Crippen molar-refractivity contribution in [3.8, 4) is 11.1 Å². The number of halogens is 3. The second-order valence-electron chi connectivity index (χ2n) is 8.12. The lowest BCUT2D eigenvalue weighted by Crippen LogP contribution is -2.26. The van der Waals surface area contributed by atoms with Crippen molar-refractivity contribution in [3.63, 3.8) is 0 Å². The highest BCUT2D eigenvalue weighted by Gasteiger charge is 2.37. The molecule has 0 saturated heterocycles. The average molecular weight is 510 g/mol. The second-order valence-corrected chi connectivity index (χ2v) is 9.56. The first-order valence-electron chi connectivity index (χ1n) is 10.5. The Morgan fingerprint density at radius 1 is 0.882 bits per heavy atom. The Bertz CT molecular complexity index is 1590. The fourth-order valence-corrected chi connectivity index (χ4v) is 4.97. The molecule has 0 aliphatic carbocycles. The predicted molar refractivity (Wildman–Crippen MR) is 138 cm³/mol. The van der Waals surface area contributed by atoms with Gasteiger partial charge in [-0.1, -0.05) is 47.5 Å². The zero-order valence-corrected chi connectivity index (χ0v) is 20.6. The van der Waals surface area contributed by atoms with Crippen molar-refractivity contribution in [2.24, 2.45) is 14.1 Å². The molecule has 1 atom stereocenters. The van der Waals surface area contributed by atoms with Crippen LogP contribution in [0, 0.1) is 0 Å². The Kier molecular flexibility index (Phi) is 5.72. The number of aryl methyl sites for hydroxylation is 2. The van der Waals surface area contributed by atoms with Gasteiger partial charge in [0.05, 0.1) is 18.2 Å². The Labute approximate surface area is 211 Å². The van der Waals surface area contributed by atoms with Crippen LogP contribution in [0.25, 0.3) is 22.2 Å². The van der Waals surface area contributed by atoms with Crippen molar-refractivity contribution in [3.05, 3.63) is 117 Å². The van der Waals surface area contributed by atoms with Gasteiger partial charge in [-0.15, -0.1) is 11.6 Å². The van der Waals surface area contributed by atoms with Gasteiger partial charge in [0.25, 0.3) is 5.56 Å². The monoisotopic (exact) mass is 508 g/mol. The van der Waals surface area contributed by atoms with Gasteiger partial charge in [0, 0.05) is 47.4 Å². The molecule has 34 heavy (non-hydrogen) atoms. The quantitative estimate of drug-likeness (QED) is 0.272. The molecule has 8 heteroatoms. The van der Waals surface area contributed by atoms with Crippen LogP contribution in [0.5, 0.6) is 0 Å². The maximum atomic E-state index is 12.7. The fraction of sp³-hybridized carbons (Fsp3) is 0.115. The van der Waals surface area contributed by atoms with Gasteiger partial charge in [0.2, 0.25) is 0 Å². The van der Waals surface area contributed by atoms with Crippen molar-refractivity contribution >= 4 is 45.8 Å². The van der Waals surface area contributed by atoms with Crippen LogP contribution in [0.15, 0.2) is 84.2 Å². The van der Waals surface area contributed by atoms with Crippen LogP contribution in [0.2, 0.25) is 10.0 Å². The molecule has 0 amide bonds. The number of alkyl halides is 1. The summed E-state index contributed by atoms with van der Waals surface area (Å²) in [5.41, 5.74) is 4.26. The van der Waals surface area contributed by atoms with Crippen LogP contribution < -0.4 is 5.56 Å². The van der Waals surface area contributed by atoms with Crippen LogP contribution in [-0.2, 0) is 19.0 Å². The highest BCUT2D eigenvalue weighted by atomic mass is 35.5. The summed E-state index contributed by atoms with van der Waals surface area (Å²) in [4.78, 5) is 20.6. The summed E-state index contributed by atoms with van der Waals surface area (Å²) < 4.78 is 3.40. The van der Waals surface area contributed by atoms with E-state index in [0.29, 0.717) is 15.7 Å². The molecule has 0 aliphatic rings. The lowest BCUT2D eigenvalue weighted by atomic mass is 9.87. The van der Waals surface area contributed by atoms with E-state index in [0.717, 1.165) is 33.3 Å². The van der Waals surface area contributed by atoms with Gasteiger partial charge in [0.15, 0.2) is 0 Å². The van der Waals surface area contributed by atoms with E-state index in [4.69, 9.17) is 34.8 Å². The highest BCUT2D eigenvalue weighted by Crippen LogP contribution is 2.44. The number of rotatable bonds is 4. The summed E-state index contributed by atoms with van der Waals surface area (Å²) in [5, 5.41) is 1.98. The van der Waals surface area contributed by atoms with Crippen LogP contribution in [0.4, 0.5) is 0 Å². The van der Waals surface area contributed by atoms with E-state index in [-0.39, 0.29) is 5.56 Å². The molecule has 0 fully saturated rings. The van der Waals surface area contributed by atoms with E-state index in [2.05, 4.69) is 9.97 Å². The Morgan fingerprint density at radius 3 is 2.32 bits per heavy atom. The van der Waals surface area contributed by atoms with Crippen molar-refractivity contribution in [1.82, 2.24) is 19.1 Å². The molecule has 170 valence electrons. The zero-order chi connectivity index (χ0) is 24.0. The fourth-order valence-electron chi connectivity index (χ4n) is 4.24. The third-order valence-electron chi connectivity index (χ3n) is 6.02. The smallest absolute Gasteiger partial charge is 0.252 e. The van der Waals surface area contributed by atoms with Gasteiger partial charge in [-0.2, -0.15) is 0 Å². The van der Waals surface area contributed by atoms with Gasteiger partial charge in [-0.3, -0.25) is 9.36 Å². The summed E-state index contributed by atoms with van der Waals surface area (Å²) >= 11 is 19.9. The van der Waals surface area contributed by atoms with E-state index in [1.807, 2.05) is 48.0 Å². The Balaban J connectivity index is 1.84. The number of pyridine rings is 2. The molecule has 0 radical (unpaired) electrons. The van der Waals surface area contributed by atoms with E-state index in [1.54, 1.807) is 50.0 Å². The maximum Gasteiger partial charge on any atom is 0.252 e. The van der Waals surface area contributed by atoms with Crippen molar-refractivity contribution in [2.75, 3.05) is 0 Å². The maximum absolute atomic E-state index is 12.7. The molecule has 0 saturated carbocycles. The number of imidazole rings is 1. The molecular formula is C26H19Cl3N4O. The number of hydrogen-bond acceptors (Lipinski definition) is 3. The van der Waals surface area contributed by atoms with E-state index >= 15 is 0 Å². The third kappa shape index (κ3) is 3.70. The van der Waals surface area contributed by atoms with Crippen molar-refractivity contribution in [2.45, 2.75) is 4.87 Å². The molecule has 0 aliphatic heterocycles. The normalized spacial score (nSPS) is 13.2. The van der Waals surface area contributed by atoms with E-state index in [1.165, 1.54) is 4.57 Å². The molecule has 3 aromatic heterocycles. The number of aromatic nitrogens is 4. The standard InChI is InChI=1S/C26H19Cl3N4O/c1-32-15-30-14-23(32)26(29,17-6-8-19(27)9-7-17)18-11-22-21(16-4-3-5-20(28)10-16)12-24(34)33(2)25(22)31-13-18/h3-15H,1-2H3. The number of nitrogens with zero attached hydrogens (tertiary/aromatic N) is 4. The molecule has 5 aromatic rings. The van der Waals surface area contributed by atoms with Crippen LogP contribution in [0.3, 0.4) is 0 Å². The number of benzene rings is 2. The average Bonchev–Trinajstić information content (AvgIpc) is 3.27. The van der Waals surface area contributed by atoms with Crippen molar-refractivity contribution in [1.29, 1.82) is 0 Å². The molecule has 3 heterocycles. The summed E-state index contributed by atoms with van der Waals surface area (Å²) in [6.45, 7) is 0.